The number of hydrogen-bond donors (Lipinski definition) is 0. The van der Waals surface area contributed by atoms with Crippen LogP contribution in [0.15, 0.2) is 35.5 Å². The Morgan fingerprint density at radius 1 is 1.43 bits per heavy atom. The summed E-state index contributed by atoms with van der Waals surface area (Å²) in [6, 6.07) is 0. The summed E-state index contributed by atoms with van der Waals surface area (Å²) in [6.07, 6.45) is 5.80. The normalized spacial score (nSPS) is 22.8. The van der Waals surface area contributed by atoms with E-state index in [1.54, 1.807) is 5.57 Å². The van der Waals surface area contributed by atoms with Crippen LogP contribution >= 0.6 is 0 Å². The molecule has 1 rings (SSSR count). The van der Waals surface area contributed by atoms with E-state index in [9.17, 15) is 0 Å². The Hall–Kier alpha value is -0.780. The third-order valence-corrected chi connectivity index (χ3v) is 2.89. The molecular formula is C14H22. The van der Waals surface area contributed by atoms with Crippen molar-refractivity contribution in [3.8, 4) is 0 Å². The van der Waals surface area contributed by atoms with Crippen LogP contribution in [0.5, 0.6) is 0 Å². The molecule has 1 unspecified atom stereocenters. The summed E-state index contributed by atoms with van der Waals surface area (Å²) in [5.41, 5.74) is 4.35. The monoisotopic (exact) mass is 190 g/mol. The van der Waals surface area contributed by atoms with Gasteiger partial charge in [-0.1, -0.05) is 57.6 Å². The van der Waals surface area contributed by atoms with E-state index in [1.165, 1.54) is 11.1 Å². The summed E-state index contributed by atoms with van der Waals surface area (Å²) in [5, 5.41) is 0. The van der Waals surface area contributed by atoms with Crippen LogP contribution in [0.3, 0.4) is 0 Å². The summed E-state index contributed by atoms with van der Waals surface area (Å²) in [6.45, 7) is 15.3. The number of allylic oxidation sites excluding steroid dienone is 5. The molecule has 1 atom stereocenters. The average molecular weight is 190 g/mol. The molecule has 0 fully saturated rings. The summed E-state index contributed by atoms with van der Waals surface area (Å²) in [7, 11) is 0. The smallest absolute Gasteiger partial charge is 0.0167 e. The van der Waals surface area contributed by atoms with E-state index < -0.39 is 0 Å². The number of rotatable bonds is 1. The van der Waals surface area contributed by atoms with E-state index >= 15 is 0 Å². The topological polar surface area (TPSA) is 0 Å². The zero-order chi connectivity index (χ0) is 10.9. The second kappa shape index (κ2) is 3.76. The predicted octanol–water partition coefficient (Wildman–Crippen LogP) is 4.50. The van der Waals surface area contributed by atoms with Crippen LogP contribution in [0.1, 0.15) is 41.0 Å². The minimum absolute atomic E-state index is 0.286. The van der Waals surface area contributed by atoms with Crippen molar-refractivity contribution in [2.75, 3.05) is 0 Å². The van der Waals surface area contributed by atoms with E-state index in [-0.39, 0.29) is 5.41 Å². The van der Waals surface area contributed by atoms with Gasteiger partial charge in [0.1, 0.15) is 0 Å². The fourth-order valence-electron chi connectivity index (χ4n) is 2.05. The first-order chi connectivity index (χ1) is 6.32. The molecule has 0 aromatic heterocycles. The summed E-state index contributed by atoms with van der Waals surface area (Å²) in [4.78, 5) is 0. The van der Waals surface area contributed by atoms with Gasteiger partial charge in [0, 0.05) is 0 Å². The third-order valence-electron chi connectivity index (χ3n) is 2.89. The Balaban J connectivity index is 3.03. The molecule has 0 aromatic carbocycles. The Labute approximate surface area is 88.4 Å². The fraction of sp³-hybridized carbons (Fsp3) is 0.571. The maximum atomic E-state index is 4.01. The first-order valence-corrected chi connectivity index (χ1v) is 5.40. The second-order valence-corrected chi connectivity index (χ2v) is 5.43. The van der Waals surface area contributed by atoms with Crippen molar-refractivity contribution in [2.24, 2.45) is 11.3 Å². The third kappa shape index (κ3) is 2.37. The summed E-state index contributed by atoms with van der Waals surface area (Å²) >= 11 is 0. The van der Waals surface area contributed by atoms with Crippen LogP contribution in [0.2, 0.25) is 0 Å². The van der Waals surface area contributed by atoms with Gasteiger partial charge in [0.2, 0.25) is 0 Å². The van der Waals surface area contributed by atoms with Gasteiger partial charge in [-0.2, -0.15) is 0 Å². The summed E-state index contributed by atoms with van der Waals surface area (Å²) < 4.78 is 0. The highest BCUT2D eigenvalue weighted by atomic mass is 14.3. The predicted molar refractivity (Wildman–Crippen MR) is 64.2 cm³/mol. The SMILES string of the molecule is C=C(C)C1=CCC(C)C(C(C)(C)C)=C1. The second-order valence-electron chi connectivity index (χ2n) is 5.43. The van der Waals surface area contributed by atoms with Crippen molar-refractivity contribution < 1.29 is 0 Å². The van der Waals surface area contributed by atoms with E-state index in [4.69, 9.17) is 0 Å². The fourth-order valence-corrected chi connectivity index (χ4v) is 2.05. The molecule has 1 aliphatic rings. The Bertz CT molecular complexity index is 294. The Morgan fingerprint density at radius 3 is 2.43 bits per heavy atom. The first kappa shape index (κ1) is 11.3. The molecule has 0 aliphatic heterocycles. The number of hydrogen-bond acceptors (Lipinski definition) is 0. The molecule has 0 radical (unpaired) electrons. The maximum Gasteiger partial charge on any atom is -0.0167 e. The molecule has 0 spiro atoms. The zero-order valence-electron chi connectivity index (χ0n) is 10.1. The van der Waals surface area contributed by atoms with E-state index in [0.29, 0.717) is 5.92 Å². The van der Waals surface area contributed by atoms with Crippen molar-refractivity contribution >= 4 is 0 Å². The standard InChI is InChI=1S/C14H22/c1-10(2)12-8-7-11(3)13(9-12)14(4,5)6/h8-9,11H,1,7H2,2-6H3. The average Bonchev–Trinajstić information content (AvgIpc) is 2.02. The lowest BCUT2D eigenvalue weighted by Crippen LogP contribution is -2.18. The van der Waals surface area contributed by atoms with Crippen LogP contribution in [0.25, 0.3) is 0 Å². The van der Waals surface area contributed by atoms with Gasteiger partial charge in [-0.3, -0.25) is 0 Å². The van der Waals surface area contributed by atoms with E-state index in [1.807, 2.05) is 0 Å². The highest BCUT2D eigenvalue weighted by molar-refractivity contribution is 5.43. The molecule has 0 saturated heterocycles. The van der Waals surface area contributed by atoms with Crippen LogP contribution in [0, 0.1) is 11.3 Å². The van der Waals surface area contributed by atoms with Gasteiger partial charge in [0.05, 0.1) is 0 Å². The van der Waals surface area contributed by atoms with Crippen LogP contribution in [-0.2, 0) is 0 Å². The molecule has 0 heterocycles. The molecule has 0 saturated carbocycles. The van der Waals surface area contributed by atoms with Crippen molar-refractivity contribution in [3.63, 3.8) is 0 Å². The van der Waals surface area contributed by atoms with Gasteiger partial charge < -0.3 is 0 Å². The van der Waals surface area contributed by atoms with Crippen molar-refractivity contribution in [1.82, 2.24) is 0 Å². The lowest BCUT2D eigenvalue weighted by Gasteiger charge is -2.31. The highest BCUT2D eigenvalue weighted by Gasteiger charge is 2.24. The minimum Gasteiger partial charge on any atom is -0.0955 e. The van der Waals surface area contributed by atoms with Crippen LogP contribution in [-0.4, -0.2) is 0 Å². The Morgan fingerprint density at radius 2 is 2.00 bits per heavy atom. The highest BCUT2D eigenvalue weighted by Crippen LogP contribution is 2.37. The zero-order valence-corrected chi connectivity index (χ0v) is 10.1. The first-order valence-electron chi connectivity index (χ1n) is 5.40. The molecule has 78 valence electrons. The molecule has 1 aliphatic carbocycles. The molecule has 0 heteroatoms. The van der Waals surface area contributed by atoms with Crippen LogP contribution < -0.4 is 0 Å². The molecule has 0 aromatic rings. The van der Waals surface area contributed by atoms with Gasteiger partial charge in [-0.05, 0) is 30.3 Å². The van der Waals surface area contributed by atoms with Crippen molar-refractivity contribution in [1.29, 1.82) is 0 Å². The minimum atomic E-state index is 0.286. The molecule has 0 amide bonds. The van der Waals surface area contributed by atoms with E-state index in [0.717, 1.165) is 6.42 Å². The van der Waals surface area contributed by atoms with Gasteiger partial charge in [0.25, 0.3) is 0 Å². The molecule has 0 nitrogen and oxygen atoms in total. The quantitative estimate of drug-likeness (QED) is 0.571. The van der Waals surface area contributed by atoms with Gasteiger partial charge in [-0.15, -0.1) is 0 Å². The summed E-state index contributed by atoms with van der Waals surface area (Å²) in [5.74, 6) is 0.679. The molecular weight excluding hydrogens is 168 g/mol. The lowest BCUT2D eigenvalue weighted by atomic mass is 9.74. The van der Waals surface area contributed by atoms with Crippen LogP contribution in [0.4, 0.5) is 0 Å². The maximum absolute atomic E-state index is 4.01. The molecule has 0 N–H and O–H groups in total. The Kier molecular flexibility index (Phi) is 3.04. The molecule has 14 heavy (non-hydrogen) atoms. The van der Waals surface area contributed by atoms with Gasteiger partial charge in [-0.25, -0.2) is 0 Å². The van der Waals surface area contributed by atoms with Gasteiger partial charge >= 0.3 is 0 Å². The van der Waals surface area contributed by atoms with E-state index in [2.05, 4.69) is 53.3 Å². The lowest BCUT2D eigenvalue weighted by molar-refractivity contribution is 0.432. The largest absolute Gasteiger partial charge is 0.0955 e. The van der Waals surface area contributed by atoms with Gasteiger partial charge in [0.15, 0.2) is 0 Å². The van der Waals surface area contributed by atoms with Crippen molar-refractivity contribution in [2.45, 2.75) is 41.0 Å². The molecule has 0 bridgehead atoms. The van der Waals surface area contributed by atoms with Crippen molar-refractivity contribution in [3.05, 3.63) is 35.5 Å².